The van der Waals surface area contributed by atoms with E-state index in [1.807, 2.05) is 31.2 Å². The van der Waals surface area contributed by atoms with Crippen LogP contribution in [0.5, 0.6) is 0 Å². The summed E-state index contributed by atoms with van der Waals surface area (Å²) < 4.78 is 0. The Morgan fingerprint density at radius 2 is 2.08 bits per heavy atom. The van der Waals surface area contributed by atoms with E-state index in [9.17, 15) is 4.79 Å². The number of aromatic amines is 1. The molecule has 3 aromatic rings. The van der Waals surface area contributed by atoms with Crippen molar-refractivity contribution in [3.63, 3.8) is 0 Å². The molecule has 0 saturated carbocycles. The lowest BCUT2D eigenvalue weighted by atomic mass is 10.1. The third kappa shape index (κ3) is 2.90. The summed E-state index contributed by atoms with van der Waals surface area (Å²) in [5.41, 5.74) is 3.74. The van der Waals surface area contributed by atoms with Gasteiger partial charge < -0.3 is 0 Å². The van der Waals surface area contributed by atoms with Gasteiger partial charge in [-0.05, 0) is 24.8 Å². The maximum absolute atomic E-state index is 12.7. The zero-order valence-electron chi connectivity index (χ0n) is 13.2. The first-order valence-corrected chi connectivity index (χ1v) is 9.16. The highest BCUT2D eigenvalue weighted by atomic mass is 32.2. The summed E-state index contributed by atoms with van der Waals surface area (Å²) in [4.78, 5) is 18.6. The maximum Gasteiger partial charge on any atom is 0.273 e. The van der Waals surface area contributed by atoms with Crippen molar-refractivity contribution in [2.45, 2.75) is 6.92 Å². The maximum atomic E-state index is 12.7. The van der Waals surface area contributed by atoms with Gasteiger partial charge in [0.15, 0.2) is 10.3 Å². The SMILES string of the molecule is Cc1ccc(-c2n[nH]cc2/C=C2\SC(=N)N(c3nccs3)C2=O)cc1. The molecule has 1 aromatic carbocycles. The second-order valence-electron chi connectivity index (χ2n) is 5.43. The van der Waals surface area contributed by atoms with Crippen LogP contribution in [0.2, 0.25) is 0 Å². The van der Waals surface area contributed by atoms with Crippen LogP contribution in [0.25, 0.3) is 17.3 Å². The summed E-state index contributed by atoms with van der Waals surface area (Å²) in [5, 5.41) is 17.7. The Morgan fingerprint density at radius 1 is 1.28 bits per heavy atom. The molecule has 1 saturated heterocycles. The fourth-order valence-corrected chi connectivity index (χ4v) is 4.02. The van der Waals surface area contributed by atoms with Gasteiger partial charge in [0, 0.05) is 28.9 Å². The van der Waals surface area contributed by atoms with E-state index in [4.69, 9.17) is 5.41 Å². The van der Waals surface area contributed by atoms with E-state index in [2.05, 4.69) is 15.2 Å². The number of hydrogen-bond donors (Lipinski definition) is 2. The third-order valence-electron chi connectivity index (χ3n) is 3.72. The molecule has 1 amide bonds. The number of H-pyrrole nitrogens is 1. The van der Waals surface area contributed by atoms with E-state index in [1.54, 1.807) is 23.8 Å². The average molecular weight is 367 g/mol. The monoisotopic (exact) mass is 367 g/mol. The van der Waals surface area contributed by atoms with Crippen LogP contribution in [0.15, 0.2) is 46.9 Å². The Balaban J connectivity index is 1.69. The van der Waals surface area contributed by atoms with Gasteiger partial charge in [0.2, 0.25) is 0 Å². The van der Waals surface area contributed by atoms with Crippen molar-refractivity contribution >= 4 is 45.4 Å². The molecule has 0 aliphatic carbocycles. The van der Waals surface area contributed by atoms with Crippen LogP contribution in [0.1, 0.15) is 11.1 Å². The highest BCUT2D eigenvalue weighted by molar-refractivity contribution is 8.19. The van der Waals surface area contributed by atoms with E-state index < -0.39 is 0 Å². The minimum atomic E-state index is -0.235. The number of carbonyl (C=O) groups excluding carboxylic acids is 1. The summed E-state index contributed by atoms with van der Waals surface area (Å²) >= 11 is 2.46. The summed E-state index contributed by atoms with van der Waals surface area (Å²) in [6.07, 6.45) is 5.15. The van der Waals surface area contributed by atoms with Gasteiger partial charge in [0.05, 0.1) is 10.6 Å². The van der Waals surface area contributed by atoms with Crippen molar-refractivity contribution in [2.75, 3.05) is 4.90 Å². The summed E-state index contributed by atoms with van der Waals surface area (Å²) in [6, 6.07) is 8.05. The van der Waals surface area contributed by atoms with Crippen molar-refractivity contribution < 1.29 is 4.79 Å². The number of amides is 1. The third-order valence-corrected chi connectivity index (χ3v) is 5.36. The molecule has 0 atom stereocenters. The normalized spacial score (nSPS) is 16.2. The molecular weight excluding hydrogens is 354 g/mol. The number of aromatic nitrogens is 3. The van der Waals surface area contributed by atoms with Gasteiger partial charge >= 0.3 is 0 Å². The highest BCUT2D eigenvalue weighted by Gasteiger charge is 2.35. The number of nitrogens with zero attached hydrogens (tertiary/aromatic N) is 3. The van der Waals surface area contributed by atoms with Crippen LogP contribution in [-0.4, -0.2) is 26.3 Å². The number of carbonyl (C=O) groups is 1. The summed E-state index contributed by atoms with van der Waals surface area (Å²) in [7, 11) is 0. The fraction of sp³-hybridized carbons (Fsp3) is 0.0588. The van der Waals surface area contributed by atoms with Gasteiger partial charge in [0.25, 0.3) is 5.91 Å². The zero-order chi connectivity index (χ0) is 17.4. The molecule has 0 spiro atoms. The van der Waals surface area contributed by atoms with Crippen LogP contribution < -0.4 is 4.90 Å². The van der Waals surface area contributed by atoms with Gasteiger partial charge in [-0.3, -0.25) is 15.3 Å². The highest BCUT2D eigenvalue weighted by Crippen LogP contribution is 2.36. The molecule has 1 aliphatic heterocycles. The van der Waals surface area contributed by atoms with E-state index in [-0.39, 0.29) is 11.1 Å². The van der Waals surface area contributed by atoms with E-state index in [1.165, 1.54) is 21.8 Å². The lowest BCUT2D eigenvalue weighted by Crippen LogP contribution is -2.27. The van der Waals surface area contributed by atoms with Crippen LogP contribution in [-0.2, 0) is 4.79 Å². The van der Waals surface area contributed by atoms with Gasteiger partial charge in [-0.25, -0.2) is 9.88 Å². The molecule has 0 bridgehead atoms. The molecule has 25 heavy (non-hydrogen) atoms. The molecule has 1 aliphatic rings. The lowest BCUT2D eigenvalue weighted by Gasteiger charge is -2.08. The number of anilines is 1. The molecule has 124 valence electrons. The standard InChI is InChI=1S/C17H13N5OS2/c1-10-2-4-11(5-3-10)14-12(9-20-21-14)8-13-15(23)22(16(18)25-13)17-19-6-7-24-17/h2-9,18H,1H3,(H,20,21)/b13-8-,18-16?. The topological polar surface area (TPSA) is 85.7 Å². The summed E-state index contributed by atoms with van der Waals surface area (Å²) in [6.45, 7) is 2.03. The number of hydrogen-bond acceptors (Lipinski definition) is 6. The van der Waals surface area contributed by atoms with Crippen molar-refractivity contribution in [2.24, 2.45) is 0 Å². The quantitative estimate of drug-likeness (QED) is 0.688. The minimum absolute atomic E-state index is 0.159. The van der Waals surface area contributed by atoms with Gasteiger partial charge in [0.1, 0.15) is 0 Å². The van der Waals surface area contributed by atoms with Crippen LogP contribution >= 0.6 is 23.1 Å². The number of thioether (sulfide) groups is 1. The number of amidine groups is 1. The first kappa shape index (κ1) is 15.8. The van der Waals surface area contributed by atoms with Crippen molar-refractivity contribution in [1.82, 2.24) is 15.2 Å². The number of thiazole rings is 1. The molecule has 8 heteroatoms. The number of benzene rings is 1. The Kier molecular flexibility index (Phi) is 3.98. The number of rotatable bonds is 3. The predicted octanol–water partition coefficient (Wildman–Crippen LogP) is 3.90. The van der Waals surface area contributed by atoms with Crippen molar-refractivity contribution in [3.05, 3.63) is 58.1 Å². The van der Waals surface area contributed by atoms with Gasteiger partial charge in [-0.1, -0.05) is 29.8 Å². The van der Waals surface area contributed by atoms with E-state index in [0.29, 0.717) is 10.0 Å². The Labute approximate surface area is 152 Å². The number of aryl methyl sites for hydroxylation is 1. The number of nitrogens with one attached hydrogen (secondary N) is 2. The smallest absolute Gasteiger partial charge is 0.273 e. The average Bonchev–Trinajstić information content (AvgIpc) is 3.31. The van der Waals surface area contributed by atoms with E-state index in [0.717, 1.165) is 28.6 Å². The van der Waals surface area contributed by atoms with Crippen LogP contribution in [0.4, 0.5) is 5.13 Å². The molecule has 2 N–H and O–H groups in total. The van der Waals surface area contributed by atoms with Gasteiger partial charge in [-0.2, -0.15) is 5.10 Å². The minimum Gasteiger partial charge on any atom is -0.284 e. The molecular formula is C17H13N5OS2. The molecule has 0 radical (unpaired) electrons. The Bertz CT molecular complexity index is 973. The Hall–Kier alpha value is -2.71. The second kappa shape index (κ2) is 6.30. The van der Waals surface area contributed by atoms with Crippen LogP contribution in [0, 0.1) is 12.3 Å². The lowest BCUT2D eigenvalue weighted by molar-refractivity contribution is -0.113. The molecule has 1 fully saturated rings. The first-order chi connectivity index (χ1) is 12.1. The molecule has 2 aromatic heterocycles. The van der Waals surface area contributed by atoms with Crippen molar-refractivity contribution in [1.29, 1.82) is 5.41 Å². The predicted molar refractivity (Wildman–Crippen MR) is 102 cm³/mol. The van der Waals surface area contributed by atoms with E-state index >= 15 is 0 Å². The molecule has 4 rings (SSSR count). The summed E-state index contributed by atoms with van der Waals surface area (Å²) in [5.74, 6) is -0.235. The van der Waals surface area contributed by atoms with Crippen molar-refractivity contribution in [3.8, 4) is 11.3 Å². The molecule has 3 heterocycles. The van der Waals surface area contributed by atoms with Crippen LogP contribution in [0.3, 0.4) is 0 Å². The largest absolute Gasteiger partial charge is 0.284 e. The molecule has 6 nitrogen and oxygen atoms in total. The molecule has 0 unspecified atom stereocenters. The first-order valence-electron chi connectivity index (χ1n) is 7.46. The second-order valence-corrected chi connectivity index (χ2v) is 7.33. The van der Waals surface area contributed by atoms with Gasteiger partial charge in [-0.15, -0.1) is 11.3 Å². The fourth-order valence-electron chi connectivity index (χ4n) is 2.48. The zero-order valence-corrected chi connectivity index (χ0v) is 14.8. The Morgan fingerprint density at radius 3 is 2.80 bits per heavy atom.